The van der Waals surface area contributed by atoms with E-state index in [1.807, 2.05) is 0 Å². The minimum Gasteiger partial charge on any atom is -0.317 e. The summed E-state index contributed by atoms with van der Waals surface area (Å²) < 4.78 is 0. The number of nitrogens with zero attached hydrogens (tertiary/aromatic N) is 1. The number of hydrogen-bond donors (Lipinski definition) is 1. The zero-order valence-corrected chi connectivity index (χ0v) is 11.3. The molecular formula is C14H30N2. The van der Waals surface area contributed by atoms with E-state index in [0.717, 1.165) is 6.04 Å². The molecule has 1 rings (SSSR count). The van der Waals surface area contributed by atoms with Crippen LogP contribution in [0.3, 0.4) is 0 Å². The van der Waals surface area contributed by atoms with Crippen molar-refractivity contribution in [2.75, 3.05) is 26.7 Å². The number of likely N-dealkylation sites (tertiary alicyclic amines) is 1. The summed E-state index contributed by atoms with van der Waals surface area (Å²) in [5, 5.41) is 3.39. The first-order chi connectivity index (χ1) is 7.86. The van der Waals surface area contributed by atoms with Crippen molar-refractivity contribution in [1.29, 1.82) is 0 Å². The van der Waals surface area contributed by atoms with Crippen molar-refractivity contribution in [3.8, 4) is 0 Å². The third-order valence-electron chi connectivity index (χ3n) is 3.88. The molecule has 1 aliphatic heterocycles. The number of nitrogens with one attached hydrogen (secondary N) is 1. The molecule has 0 spiro atoms. The van der Waals surface area contributed by atoms with Crippen LogP contribution in [0.5, 0.6) is 0 Å². The fourth-order valence-electron chi connectivity index (χ4n) is 2.65. The Kier molecular flexibility index (Phi) is 7.87. The van der Waals surface area contributed by atoms with Gasteiger partial charge in [-0.25, -0.2) is 0 Å². The van der Waals surface area contributed by atoms with Crippen molar-refractivity contribution >= 4 is 0 Å². The average molecular weight is 226 g/mol. The SMILES string of the molecule is CCC(CCCN1CCCCCCC1)NC. The molecule has 0 aromatic heterocycles. The van der Waals surface area contributed by atoms with Crippen LogP contribution in [0.15, 0.2) is 0 Å². The van der Waals surface area contributed by atoms with E-state index in [-0.39, 0.29) is 0 Å². The lowest BCUT2D eigenvalue weighted by molar-refractivity contribution is 0.239. The van der Waals surface area contributed by atoms with Gasteiger partial charge in [-0.1, -0.05) is 26.2 Å². The first-order valence-electron chi connectivity index (χ1n) is 7.26. The summed E-state index contributed by atoms with van der Waals surface area (Å²) in [4.78, 5) is 2.68. The van der Waals surface area contributed by atoms with Gasteiger partial charge >= 0.3 is 0 Å². The lowest BCUT2D eigenvalue weighted by Gasteiger charge is -2.25. The molecule has 0 aromatic carbocycles. The highest BCUT2D eigenvalue weighted by molar-refractivity contribution is 4.66. The van der Waals surface area contributed by atoms with Crippen LogP contribution in [0.25, 0.3) is 0 Å². The highest BCUT2D eigenvalue weighted by atomic mass is 15.1. The fourth-order valence-corrected chi connectivity index (χ4v) is 2.65. The molecule has 1 aliphatic rings. The lowest BCUT2D eigenvalue weighted by atomic mass is 10.1. The second-order valence-corrected chi connectivity index (χ2v) is 5.15. The van der Waals surface area contributed by atoms with Crippen molar-refractivity contribution < 1.29 is 0 Å². The normalized spacial score (nSPS) is 21.4. The third kappa shape index (κ3) is 5.86. The molecule has 16 heavy (non-hydrogen) atoms. The second kappa shape index (κ2) is 9.00. The van der Waals surface area contributed by atoms with Crippen LogP contribution in [0.1, 0.15) is 58.3 Å². The molecule has 2 nitrogen and oxygen atoms in total. The molecule has 0 aliphatic carbocycles. The quantitative estimate of drug-likeness (QED) is 0.749. The predicted molar refractivity (Wildman–Crippen MR) is 71.9 cm³/mol. The summed E-state index contributed by atoms with van der Waals surface area (Å²) in [6, 6.07) is 0.731. The van der Waals surface area contributed by atoms with E-state index in [0.29, 0.717) is 0 Å². The maximum Gasteiger partial charge on any atom is 0.00619 e. The maximum absolute atomic E-state index is 3.39. The Hall–Kier alpha value is -0.0800. The topological polar surface area (TPSA) is 15.3 Å². The molecule has 1 heterocycles. The van der Waals surface area contributed by atoms with Crippen molar-refractivity contribution in [2.45, 2.75) is 64.3 Å². The Bertz CT molecular complexity index is 147. The van der Waals surface area contributed by atoms with Crippen LogP contribution >= 0.6 is 0 Å². The van der Waals surface area contributed by atoms with Gasteiger partial charge in [0.2, 0.25) is 0 Å². The van der Waals surface area contributed by atoms with Crippen LogP contribution in [0, 0.1) is 0 Å². The summed E-state index contributed by atoms with van der Waals surface area (Å²) in [6.07, 6.45) is 11.2. The molecule has 0 radical (unpaired) electrons. The largest absolute Gasteiger partial charge is 0.317 e. The highest BCUT2D eigenvalue weighted by Crippen LogP contribution is 2.11. The van der Waals surface area contributed by atoms with E-state index in [1.54, 1.807) is 0 Å². The van der Waals surface area contributed by atoms with Gasteiger partial charge in [0.15, 0.2) is 0 Å². The van der Waals surface area contributed by atoms with Crippen LogP contribution in [-0.4, -0.2) is 37.6 Å². The van der Waals surface area contributed by atoms with Crippen LogP contribution in [0.2, 0.25) is 0 Å². The van der Waals surface area contributed by atoms with E-state index in [2.05, 4.69) is 24.2 Å². The van der Waals surface area contributed by atoms with Crippen molar-refractivity contribution in [3.05, 3.63) is 0 Å². The van der Waals surface area contributed by atoms with Gasteiger partial charge < -0.3 is 10.2 Å². The molecule has 0 saturated carbocycles. The Morgan fingerprint density at radius 3 is 2.25 bits per heavy atom. The average Bonchev–Trinajstić information content (AvgIpc) is 2.27. The predicted octanol–water partition coefficient (Wildman–Crippen LogP) is 3.03. The monoisotopic (exact) mass is 226 g/mol. The smallest absolute Gasteiger partial charge is 0.00619 e. The summed E-state index contributed by atoms with van der Waals surface area (Å²) in [5.41, 5.74) is 0. The van der Waals surface area contributed by atoms with Crippen LogP contribution in [0.4, 0.5) is 0 Å². The molecule has 0 aromatic rings. The van der Waals surface area contributed by atoms with E-state index in [1.165, 1.54) is 71.0 Å². The van der Waals surface area contributed by atoms with Gasteiger partial charge in [-0.05, 0) is 58.8 Å². The van der Waals surface area contributed by atoms with Gasteiger partial charge in [-0.3, -0.25) is 0 Å². The molecule has 1 fully saturated rings. The molecule has 1 atom stereocenters. The molecule has 1 N–H and O–H groups in total. The molecule has 0 bridgehead atoms. The van der Waals surface area contributed by atoms with E-state index >= 15 is 0 Å². The first-order valence-corrected chi connectivity index (χ1v) is 7.26. The molecule has 0 amide bonds. The zero-order valence-electron chi connectivity index (χ0n) is 11.3. The number of rotatable bonds is 6. The van der Waals surface area contributed by atoms with Crippen molar-refractivity contribution in [2.24, 2.45) is 0 Å². The summed E-state index contributed by atoms with van der Waals surface area (Å²) in [6.45, 7) is 6.28. The summed E-state index contributed by atoms with van der Waals surface area (Å²) in [7, 11) is 2.09. The Labute approximate surface area is 102 Å². The van der Waals surface area contributed by atoms with Gasteiger partial charge in [-0.2, -0.15) is 0 Å². The Morgan fingerprint density at radius 1 is 1.06 bits per heavy atom. The third-order valence-corrected chi connectivity index (χ3v) is 3.88. The van der Waals surface area contributed by atoms with Crippen LogP contribution in [-0.2, 0) is 0 Å². The van der Waals surface area contributed by atoms with Crippen molar-refractivity contribution in [3.63, 3.8) is 0 Å². The van der Waals surface area contributed by atoms with E-state index in [4.69, 9.17) is 0 Å². The Morgan fingerprint density at radius 2 is 1.69 bits per heavy atom. The van der Waals surface area contributed by atoms with Crippen LogP contribution < -0.4 is 5.32 Å². The van der Waals surface area contributed by atoms with Gasteiger partial charge in [-0.15, -0.1) is 0 Å². The highest BCUT2D eigenvalue weighted by Gasteiger charge is 2.09. The first kappa shape index (κ1) is 14.0. The molecular weight excluding hydrogens is 196 g/mol. The zero-order chi connectivity index (χ0) is 11.6. The van der Waals surface area contributed by atoms with Gasteiger partial charge in [0.25, 0.3) is 0 Å². The summed E-state index contributed by atoms with van der Waals surface area (Å²) in [5.74, 6) is 0. The maximum atomic E-state index is 3.39. The van der Waals surface area contributed by atoms with E-state index in [9.17, 15) is 0 Å². The Balaban J connectivity index is 2.09. The lowest BCUT2D eigenvalue weighted by Crippen LogP contribution is -2.30. The molecule has 96 valence electrons. The molecule has 1 saturated heterocycles. The molecule has 1 unspecified atom stereocenters. The van der Waals surface area contributed by atoms with Gasteiger partial charge in [0.05, 0.1) is 0 Å². The van der Waals surface area contributed by atoms with Gasteiger partial charge in [0.1, 0.15) is 0 Å². The van der Waals surface area contributed by atoms with Gasteiger partial charge in [0, 0.05) is 6.04 Å². The minimum absolute atomic E-state index is 0.731. The standard InChI is InChI=1S/C14H30N2/c1-3-14(15-2)10-9-13-16-11-7-5-4-6-8-12-16/h14-15H,3-13H2,1-2H3. The molecule has 2 heteroatoms. The minimum atomic E-state index is 0.731. The van der Waals surface area contributed by atoms with E-state index < -0.39 is 0 Å². The fraction of sp³-hybridized carbons (Fsp3) is 1.00. The summed E-state index contributed by atoms with van der Waals surface area (Å²) >= 11 is 0. The van der Waals surface area contributed by atoms with Crippen molar-refractivity contribution in [1.82, 2.24) is 10.2 Å². The number of hydrogen-bond acceptors (Lipinski definition) is 2. The second-order valence-electron chi connectivity index (χ2n) is 5.15.